The van der Waals surface area contributed by atoms with E-state index in [4.69, 9.17) is 14.2 Å². The summed E-state index contributed by atoms with van der Waals surface area (Å²) in [6.07, 6.45) is 2.65. The number of amides is 1. The van der Waals surface area contributed by atoms with Crippen LogP contribution in [-0.4, -0.2) is 75.1 Å². The summed E-state index contributed by atoms with van der Waals surface area (Å²) in [5.74, 6) is 1.75. The van der Waals surface area contributed by atoms with Gasteiger partial charge in [0.15, 0.2) is 0 Å². The van der Waals surface area contributed by atoms with Crippen molar-refractivity contribution in [3.05, 3.63) is 60.2 Å². The molecule has 2 aromatic carbocycles. The summed E-state index contributed by atoms with van der Waals surface area (Å²) in [5.41, 5.74) is 0.915. The third-order valence-electron chi connectivity index (χ3n) is 9.01. The maximum Gasteiger partial charge on any atom is 0.407 e. The molecular weight excluding hydrogens is 556 g/mol. The molecule has 0 radical (unpaired) electrons. The van der Waals surface area contributed by atoms with Gasteiger partial charge < -0.3 is 24.6 Å². The highest BCUT2D eigenvalue weighted by Gasteiger charge is 2.53. The predicted molar refractivity (Wildman–Crippen MR) is 159 cm³/mol. The van der Waals surface area contributed by atoms with Crippen molar-refractivity contribution < 1.29 is 32.5 Å². The third-order valence-corrected chi connectivity index (χ3v) is 10.9. The fraction of sp³-hybridized carbons (Fsp3) is 0.594. The summed E-state index contributed by atoms with van der Waals surface area (Å²) < 4.78 is 45.9. The van der Waals surface area contributed by atoms with Crippen LogP contribution in [0, 0.1) is 23.7 Å². The number of nitrogens with zero attached hydrogens (tertiary/aromatic N) is 1. The van der Waals surface area contributed by atoms with Gasteiger partial charge in [0, 0.05) is 19.0 Å². The maximum absolute atomic E-state index is 13.7. The van der Waals surface area contributed by atoms with E-state index in [1.54, 1.807) is 12.1 Å². The zero-order valence-corrected chi connectivity index (χ0v) is 25.5. The Bertz CT molecular complexity index is 1290. The van der Waals surface area contributed by atoms with Crippen molar-refractivity contribution in [2.45, 2.75) is 75.2 Å². The number of nitrogens with one attached hydrogen (secondary N) is 1. The number of aliphatic hydroxyl groups excluding tert-OH is 1. The van der Waals surface area contributed by atoms with Gasteiger partial charge in [-0.1, -0.05) is 50.6 Å². The van der Waals surface area contributed by atoms with Gasteiger partial charge in [0.05, 0.1) is 36.9 Å². The molecule has 0 spiro atoms. The molecule has 9 nitrogen and oxygen atoms in total. The van der Waals surface area contributed by atoms with E-state index in [-0.39, 0.29) is 36.1 Å². The minimum atomic E-state index is -3.93. The van der Waals surface area contributed by atoms with Gasteiger partial charge in [-0.05, 0) is 73.3 Å². The molecule has 42 heavy (non-hydrogen) atoms. The first kappa shape index (κ1) is 30.8. The number of methoxy groups -OCH3 is 1. The molecule has 10 heteroatoms. The molecule has 1 heterocycles. The first-order valence-corrected chi connectivity index (χ1v) is 16.5. The summed E-state index contributed by atoms with van der Waals surface area (Å²) in [7, 11) is -2.40. The molecule has 1 aliphatic heterocycles. The molecule has 0 bridgehead atoms. The van der Waals surface area contributed by atoms with E-state index in [1.807, 2.05) is 44.2 Å². The summed E-state index contributed by atoms with van der Waals surface area (Å²) in [4.78, 5) is 13.4. The fourth-order valence-electron chi connectivity index (χ4n) is 7.07. The van der Waals surface area contributed by atoms with E-state index in [0.717, 1.165) is 37.9 Å². The Hall–Kier alpha value is -2.66. The van der Waals surface area contributed by atoms with E-state index in [9.17, 15) is 18.3 Å². The van der Waals surface area contributed by atoms with Crippen LogP contribution in [0.4, 0.5) is 4.79 Å². The Morgan fingerprint density at radius 3 is 2.52 bits per heavy atom. The Labute approximate surface area is 249 Å². The van der Waals surface area contributed by atoms with Gasteiger partial charge in [-0.2, -0.15) is 4.31 Å². The van der Waals surface area contributed by atoms with Crippen LogP contribution in [0.1, 0.15) is 45.1 Å². The number of carbonyl (C=O) groups excluding carboxylic acids is 1. The molecular formula is C32H44N2O7S. The van der Waals surface area contributed by atoms with Crippen LogP contribution in [0.5, 0.6) is 5.75 Å². The Kier molecular flexibility index (Phi) is 9.77. The molecule has 7 atom stereocenters. The summed E-state index contributed by atoms with van der Waals surface area (Å²) >= 11 is 0. The largest absolute Gasteiger partial charge is 0.497 e. The molecule has 1 amide bonds. The second-order valence-electron chi connectivity index (χ2n) is 12.4. The number of hydrogen-bond donors (Lipinski definition) is 2. The van der Waals surface area contributed by atoms with Gasteiger partial charge in [0.2, 0.25) is 10.0 Å². The molecule has 2 aromatic rings. The van der Waals surface area contributed by atoms with Crippen LogP contribution in [0.25, 0.3) is 0 Å². The van der Waals surface area contributed by atoms with Gasteiger partial charge in [-0.3, -0.25) is 0 Å². The van der Waals surface area contributed by atoms with Crippen LogP contribution in [0.15, 0.2) is 59.5 Å². The highest BCUT2D eigenvalue weighted by molar-refractivity contribution is 7.89. The molecule has 0 aromatic heterocycles. The van der Waals surface area contributed by atoms with Crippen molar-refractivity contribution in [2.24, 2.45) is 23.7 Å². The number of benzene rings is 2. The molecule has 1 unspecified atom stereocenters. The predicted octanol–water partition coefficient (Wildman–Crippen LogP) is 4.24. The molecule has 2 aliphatic carbocycles. The lowest BCUT2D eigenvalue weighted by Crippen LogP contribution is -2.51. The van der Waals surface area contributed by atoms with Gasteiger partial charge in [0.25, 0.3) is 0 Å². The monoisotopic (exact) mass is 600 g/mol. The topological polar surface area (TPSA) is 114 Å². The number of sulfonamides is 1. The lowest BCUT2D eigenvalue weighted by atomic mass is 9.77. The quantitative estimate of drug-likeness (QED) is 0.375. The number of rotatable bonds is 12. The van der Waals surface area contributed by atoms with E-state index >= 15 is 0 Å². The molecule has 1 saturated heterocycles. The van der Waals surface area contributed by atoms with Gasteiger partial charge in [-0.15, -0.1) is 0 Å². The highest BCUT2D eigenvalue weighted by atomic mass is 32.2. The van der Waals surface area contributed by atoms with E-state index in [1.165, 1.54) is 23.5 Å². The van der Waals surface area contributed by atoms with Crippen LogP contribution >= 0.6 is 0 Å². The van der Waals surface area contributed by atoms with Crippen molar-refractivity contribution in [3.63, 3.8) is 0 Å². The van der Waals surface area contributed by atoms with Gasteiger partial charge >= 0.3 is 6.09 Å². The summed E-state index contributed by atoms with van der Waals surface area (Å²) in [6, 6.07) is 15.0. The number of aliphatic hydroxyl groups is 1. The van der Waals surface area contributed by atoms with Gasteiger partial charge in [0.1, 0.15) is 11.9 Å². The van der Waals surface area contributed by atoms with E-state index in [2.05, 4.69) is 5.32 Å². The number of hydrogen-bond acceptors (Lipinski definition) is 7. The average Bonchev–Trinajstić information content (AvgIpc) is 3.55. The first-order valence-electron chi connectivity index (χ1n) is 15.1. The summed E-state index contributed by atoms with van der Waals surface area (Å²) in [5, 5.41) is 14.4. The number of carbonyl (C=O) groups is 1. The zero-order chi connectivity index (χ0) is 29.9. The second kappa shape index (κ2) is 13.3. The van der Waals surface area contributed by atoms with E-state index in [0.29, 0.717) is 29.9 Å². The van der Waals surface area contributed by atoms with Crippen molar-refractivity contribution in [2.75, 3.05) is 26.8 Å². The Balaban J connectivity index is 1.31. The normalized spacial score (nSPS) is 26.6. The lowest BCUT2D eigenvalue weighted by molar-refractivity contribution is -0.00408. The van der Waals surface area contributed by atoms with Crippen LogP contribution < -0.4 is 10.1 Å². The molecule has 230 valence electrons. The molecule has 3 aliphatic rings. The smallest absolute Gasteiger partial charge is 0.407 e. The second-order valence-corrected chi connectivity index (χ2v) is 14.3. The molecule has 2 N–H and O–H groups in total. The first-order chi connectivity index (χ1) is 20.2. The number of ether oxygens (including phenoxy) is 3. The number of alkyl carbamates (subject to hydrolysis) is 1. The van der Waals surface area contributed by atoms with Crippen molar-refractivity contribution >= 4 is 16.1 Å². The maximum atomic E-state index is 13.7. The molecule has 5 rings (SSSR count). The fourth-order valence-corrected chi connectivity index (χ4v) is 8.70. The van der Waals surface area contributed by atoms with E-state index < -0.39 is 28.3 Å². The van der Waals surface area contributed by atoms with Crippen molar-refractivity contribution in [1.82, 2.24) is 9.62 Å². The van der Waals surface area contributed by atoms with Crippen molar-refractivity contribution in [3.8, 4) is 5.75 Å². The zero-order valence-electron chi connectivity index (χ0n) is 24.7. The summed E-state index contributed by atoms with van der Waals surface area (Å²) in [6.45, 7) is 4.62. The SMILES string of the molecule is COc1ccc(S(=O)(=O)N(CC(C)C)C[C@@H](O)[C@H](Cc2ccccc2)NC(=O)O[C@@H]2C[C@@H]3CO[C@@H]4CCC[C@H]2C34)cc1. The van der Waals surface area contributed by atoms with Crippen LogP contribution in [0.3, 0.4) is 0 Å². The highest BCUT2D eigenvalue weighted by Crippen LogP contribution is 2.51. The van der Waals surface area contributed by atoms with Crippen LogP contribution in [0.2, 0.25) is 0 Å². The van der Waals surface area contributed by atoms with Crippen molar-refractivity contribution in [1.29, 1.82) is 0 Å². The van der Waals surface area contributed by atoms with Crippen LogP contribution in [-0.2, 0) is 25.9 Å². The standard InChI is InChI=1S/C32H44N2O7S/c1-21(2)18-34(42(37,38)25-14-12-24(39-3)13-15-25)19-28(35)27(16-22-8-5-4-6-9-22)33-32(36)41-30-17-23-20-40-29-11-7-10-26(30)31(23)29/h4-6,8-9,12-15,21,23,26-31,35H,7,10-11,16-20H2,1-3H3,(H,33,36)/t23-,26-,27+,28-,29-,30-,31?/m1/s1. The lowest BCUT2D eigenvalue weighted by Gasteiger charge is -2.33. The minimum Gasteiger partial charge on any atom is -0.497 e. The Morgan fingerprint density at radius 2 is 1.83 bits per heavy atom. The average molecular weight is 601 g/mol. The molecule has 2 saturated carbocycles. The van der Waals surface area contributed by atoms with Gasteiger partial charge in [-0.25, -0.2) is 13.2 Å². The molecule has 3 fully saturated rings. The third kappa shape index (κ3) is 6.93. The Morgan fingerprint density at radius 1 is 1.10 bits per heavy atom. The minimum absolute atomic E-state index is 0.0147.